The third kappa shape index (κ3) is 3.80. The highest BCUT2D eigenvalue weighted by molar-refractivity contribution is 7.92. The van der Waals surface area contributed by atoms with Crippen LogP contribution in [-0.2, 0) is 14.8 Å². The lowest BCUT2D eigenvalue weighted by Crippen LogP contribution is -2.35. The van der Waals surface area contributed by atoms with Gasteiger partial charge in [0, 0.05) is 29.4 Å². The van der Waals surface area contributed by atoms with Crippen LogP contribution in [0.5, 0.6) is 0 Å². The smallest absolute Gasteiger partial charge is 0.262 e. The minimum atomic E-state index is -3.73. The van der Waals surface area contributed by atoms with Crippen LogP contribution in [-0.4, -0.2) is 20.9 Å². The minimum Gasteiger partial charge on any atom is -0.312 e. The Morgan fingerprint density at radius 3 is 2.48 bits per heavy atom. The Morgan fingerprint density at radius 2 is 1.80 bits per heavy atom. The Labute approximate surface area is 152 Å². The number of anilines is 2. The van der Waals surface area contributed by atoms with Gasteiger partial charge in [0.15, 0.2) is 0 Å². The van der Waals surface area contributed by atoms with Crippen molar-refractivity contribution >= 4 is 38.9 Å². The summed E-state index contributed by atoms with van der Waals surface area (Å²) in [5.41, 5.74) is 1.73. The van der Waals surface area contributed by atoms with Gasteiger partial charge in [0.2, 0.25) is 5.91 Å². The number of carbonyl (C=O) groups is 1. The van der Waals surface area contributed by atoms with Gasteiger partial charge in [0.05, 0.1) is 4.90 Å². The third-order valence-electron chi connectivity index (χ3n) is 4.26. The maximum Gasteiger partial charge on any atom is 0.262 e. The van der Waals surface area contributed by atoms with Gasteiger partial charge in [-0.2, -0.15) is 0 Å². The summed E-state index contributed by atoms with van der Waals surface area (Å²) in [7, 11) is -3.73. The third-order valence-corrected chi connectivity index (χ3v) is 6.20. The molecule has 2 aromatic rings. The molecule has 25 heavy (non-hydrogen) atoms. The molecule has 0 saturated carbocycles. The van der Waals surface area contributed by atoms with Crippen molar-refractivity contribution in [3.05, 3.63) is 53.1 Å². The molecule has 2 aromatic carbocycles. The van der Waals surface area contributed by atoms with Crippen molar-refractivity contribution in [1.29, 1.82) is 0 Å². The van der Waals surface area contributed by atoms with Gasteiger partial charge in [-0.1, -0.05) is 17.7 Å². The van der Waals surface area contributed by atoms with E-state index in [-0.39, 0.29) is 10.8 Å². The number of sulfonamides is 1. The van der Waals surface area contributed by atoms with Crippen LogP contribution in [0, 0.1) is 6.92 Å². The molecule has 1 amide bonds. The molecule has 132 valence electrons. The quantitative estimate of drug-likeness (QED) is 0.875. The lowest BCUT2D eigenvalue weighted by Gasteiger charge is -2.26. The summed E-state index contributed by atoms with van der Waals surface area (Å²) in [5, 5.41) is 0.404. The highest BCUT2D eigenvalue weighted by Crippen LogP contribution is 2.26. The van der Waals surface area contributed by atoms with E-state index in [9.17, 15) is 13.2 Å². The van der Waals surface area contributed by atoms with E-state index in [1.165, 1.54) is 6.07 Å². The Kier molecular flexibility index (Phi) is 5.01. The van der Waals surface area contributed by atoms with E-state index in [1.807, 2.05) is 0 Å². The molecule has 0 radical (unpaired) electrons. The number of nitrogens with one attached hydrogen (secondary N) is 1. The van der Waals surface area contributed by atoms with Crippen molar-refractivity contribution in [3.63, 3.8) is 0 Å². The Bertz CT molecular complexity index is 895. The molecule has 0 aromatic heterocycles. The van der Waals surface area contributed by atoms with Crippen molar-refractivity contribution in [1.82, 2.24) is 0 Å². The molecule has 5 nitrogen and oxygen atoms in total. The molecule has 1 aliphatic heterocycles. The van der Waals surface area contributed by atoms with Crippen LogP contribution < -0.4 is 9.62 Å². The van der Waals surface area contributed by atoms with E-state index < -0.39 is 10.0 Å². The van der Waals surface area contributed by atoms with E-state index in [0.717, 1.165) is 18.5 Å². The van der Waals surface area contributed by atoms with Gasteiger partial charge < -0.3 is 4.90 Å². The Morgan fingerprint density at radius 1 is 1.08 bits per heavy atom. The van der Waals surface area contributed by atoms with Crippen LogP contribution in [0.15, 0.2) is 47.4 Å². The van der Waals surface area contributed by atoms with Gasteiger partial charge in [-0.05, 0) is 61.7 Å². The van der Waals surface area contributed by atoms with Crippen LogP contribution in [0.25, 0.3) is 0 Å². The molecule has 1 fully saturated rings. The van der Waals surface area contributed by atoms with Crippen molar-refractivity contribution in [3.8, 4) is 0 Å². The van der Waals surface area contributed by atoms with Crippen molar-refractivity contribution in [2.24, 2.45) is 0 Å². The second kappa shape index (κ2) is 7.06. The molecular formula is C18H19ClN2O3S. The van der Waals surface area contributed by atoms with Crippen LogP contribution >= 0.6 is 11.6 Å². The van der Waals surface area contributed by atoms with E-state index in [1.54, 1.807) is 48.2 Å². The topological polar surface area (TPSA) is 66.5 Å². The average Bonchev–Trinajstić information content (AvgIpc) is 2.58. The molecule has 0 unspecified atom stereocenters. The number of piperidine rings is 1. The summed E-state index contributed by atoms with van der Waals surface area (Å²) < 4.78 is 27.7. The molecule has 0 aliphatic carbocycles. The van der Waals surface area contributed by atoms with E-state index >= 15 is 0 Å². The zero-order valence-electron chi connectivity index (χ0n) is 13.8. The van der Waals surface area contributed by atoms with E-state index in [0.29, 0.717) is 29.2 Å². The fraction of sp³-hybridized carbons (Fsp3) is 0.278. The Balaban J connectivity index is 1.81. The van der Waals surface area contributed by atoms with Crippen LogP contribution in [0.1, 0.15) is 24.8 Å². The summed E-state index contributed by atoms with van der Waals surface area (Å²) in [6, 6.07) is 11.6. The zero-order chi connectivity index (χ0) is 18.0. The summed E-state index contributed by atoms with van der Waals surface area (Å²) in [6.07, 6.45) is 2.46. The largest absolute Gasteiger partial charge is 0.312 e. The number of rotatable bonds is 4. The van der Waals surface area contributed by atoms with E-state index in [2.05, 4.69) is 4.72 Å². The normalized spacial score (nSPS) is 15.3. The summed E-state index contributed by atoms with van der Waals surface area (Å²) in [5.74, 6) is 0.106. The average molecular weight is 379 g/mol. The lowest BCUT2D eigenvalue weighted by molar-refractivity contribution is -0.119. The fourth-order valence-electron chi connectivity index (χ4n) is 2.88. The first-order chi connectivity index (χ1) is 11.9. The SMILES string of the molecule is Cc1c(Cl)cccc1S(=O)(=O)Nc1ccc(N2CCCCC2=O)cc1. The zero-order valence-corrected chi connectivity index (χ0v) is 15.4. The second-order valence-corrected chi connectivity index (χ2v) is 8.08. The first-order valence-electron chi connectivity index (χ1n) is 8.07. The molecule has 0 atom stereocenters. The molecule has 3 rings (SSSR count). The molecule has 1 heterocycles. The highest BCUT2D eigenvalue weighted by Gasteiger charge is 2.21. The van der Waals surface area contributed by atoms with Gasteiger partial charge in [-0.3, -0.25) is 9.52 Å². The molecule has 1 saturated heterocycles. The molecular weight excluding hydrogens is 360 g/mol. The summed E-state index contributed by atoms with van der Waals surface area (Å²) in [6.45, 7) is 2.37. The Hall–Kier alpha value is -2.05. The number of hydrogen-bond donors (Lipinski definition) is 1. The molecule has 7 heteroatoms. The predicted molar refractivity (Wildman–Crippen MR) is 99.6 cm³/mol. The van der Waals surface area contributed by atoms with E-state index in [4.69, 9.17) is 11.6 Å². The standard InChI is InChI=1S/C18H19ClN2O3S/c1-13-16(19)5-4-6-17(13)25(23,24)20-14-8-10-15(11-9-14)21-12-3-2-7-18(21)22/h4-6,8-11,20H,2-3,7,12H2,1H3. The number of hydrogen-bond acceptors (Lipinski definition) is 3. The monoisotopic (exact) mass is 378 g/mol. The van der Waals surface area contributed by atoms with Crippen molar-refractivity contribution in [2.45, 2.75) is 31.1 Å². The second-order valence-electron chi connectivity index (χ2n) is 6.02. The maximum atomic E-state index is 12.6. The first-order valence-corrected chi connectivity index (χ1v) is 9.93. The fourth-order valence-corrected chi connectivity index (χ4v) is 4.43. The summed E-state index contributed by atoms with van der Waals surface area (Å²) >= 11 is 6.01. The predicted octanol–water partition coefficient (Wildman–Crippen LogP) is 3.97. The maximum absolute atomic E-state index is 12.6. The van der Waals surface area contributed by atoms with Crippen LogP contribution in [0.4, 0.5) is 11.4 Å². The molecule has 1 aliphatic rings. The number of benzene rings is 2. The van der Waals surface area contributed by atoms with Crippen LogP contribution in [0.3, 0.4) is 0 Å². The number of amides is 1. The number of carbonyl (C=O) groups excluding carboxylic acids is 1. The summed E-state index contributed by atoms with van der Waals surface area (Å²) in [4.78, 5) is 13.9. The van der Waals surface area contributed by atoms with Crippen molar-refractivity contribution < 1.29 is 13.2 Å². The first kappa shape index (κ1) is 17.8. The molecule has 0 spiro atoms. The van der Waals surface area contributed by atoms with Gasteiger partial charge in [0.1, 0.15) is 0 Å². The molecule has 0 bridgehead atoms. The lowest BCUT2D eigenvalue weighted by atomic mass is 10.1. The van der Waals surface area contributed by atoms with Gasteiger partial charge in [0.25, 0.3) is 10.0 Å². The van der Waals surface area contributed by atoms with Crippen molar-refractivity contribution in [2.75, 3.05) is 16.2 Å². The highest BCUT2D eigenvalue weighted by atomic mass is 35.5. The van der Waals surface area contributed by atoms with Gasteiger partial charge >= 0.3 is 0 Å². The van der Waals surface area contributed by atoms with Gasteiger partial charge in [-0.15, -0.1) is 0 Å². The number of nitrogens with zero attached hydrogens (tertiary/aromatic N) is 1. The minimum absolute atomic E-state index is 0.106. The van der Waals surface area contributed by atoms with Gasteiger partial charge in [-0.25, -0.2) is 8.42 Å². The number of halogens is 1. The molecule has 1 N–H and O–H groups in total. The van der Waals surface area contributed by atoms with Crippen LogP contribution in [0.2, 0.25) is 5.02 Å².